The Morgan fingerprint density at radius 2 is 2.11 bits per heavy atom. The van der Waals surface area contributed by atoms with Crippen LogP contribution in [0.3, 0.4) is 0 Å². The van der Waals surface area contributed by atoms with E-state index >= 15 is 0 Å². The summed E-state index contributed by atoms with van der Waals surface area (Å²) >= 11 is 0. The molecule has 1 fully saturated rings. The number of carbonyl (C=O) groups excluding carboxylic acids is 1. The molecule has 3 atom stereocenters. The Morgan fingerprint density at radius 1 is 1.39 bits per heavy atom. The quantitative estimate of drug-likeness (QED) is 0.850. The fraction of sp³-hybridized carbons (Fsp3) is 0.533. The Bertz CT molecular complexity index is 391. The van der Waals surface area contributed by atoms with Crippen molar-refractivity contribution in [2.45, 2.75) is 19.8 Å². The third-order valence-electron chi connectivity index (χ3n) is 3.81. The predicted molar refractivity (Wildman–Crippen MR) is 73.4 cm³/mol. The van der Waals surface area contributed by atoms with Crippen LogP contribution in [-0.2, 0) is 4.79 Å². The first-order valence-corrected chi connectivity index (χ1v) is 6.72. The summed E-state index contributed by atoms with van der Waals surface area (Å²) in [6.45, 7) is 6.75. The number of nitrogens with one attached hydrogen (secondary N) is 2. The second-order valence-electron chi connectivity index (χ2n) is 5.30. The largest absolute Gasteiger partial charge is 0.355 e. The standard InChI is InChI=1S/C15H22N2O/c1-11(13-6-4-3-5-7-13)9-17-15(18)14-10-16-8-12(14)2/h3-7,11-12,14,16H,8-10H2,1-2H3,(H,17,18)/t11?,12-,14-/m1/s1. The summed E-state index contributed by atoms with van der Waals surface area (Å²) in [7, 11) is 0. The van der Waals surface area contributed by atoms with Gasteiger partial charge in [-0.05, 0) is 23.9 Å². The maximum atomic E-state index is 12.0. The molecule has 3 heteroatoms. The molecule has 2 N–H and O–H groups in total. The van der Waals surface area contributed by atoms with Crippen LogP contribution in [0.25, 0.3) is 0 Å². The van der Waals surface area contributed by atoms with Crippen molar-refractivity contribution in [3.05, 3.63) is 35.9 Å². The normalized spacial score (nSPS) is 24.8. The van der Waals surface area contributed by atoms with Gasteiger partial charge in [0.25, 0.3) is 0 Å². The van der Waals surface area contributed by atoms with Crippen molar-refractivity contribution in [2.75, 3.05) is 19.6 Å². The molecule has 3 nitrogen and oxygen atoms in total. The summed E-state index contributed by atoms with van der Waals surface area (Å²) in [5.74, 6) is 1.13. The Morgan fingerprint density at radius 3 is 2.72 bits per heavy atom. The summed E-state index contributed by atoms with van der Waals surface area (Å²) < 4.78 is 0. The van der Waals surface area contributed by atoms with Gasteiger partial charge in [-0.1, -0.05) is 44.2 Å². The molecule has 2 rings (SSSR count). The lowest BCUT2D eigenvalue weighted by molar-refractivity contribution is -0.125. The van der Waals surface area contributed by atoms with E-state index in [1.165, 1.54) is 5.56 Å². The Labute approximate surface area is 109 Å². The van der Waals surface area contributed by atoms with Gasteiger partial charge in [0.15, 0.2) is 0 Å². The maximum Gasteiger partial charge on any atom is 0.224 e. The van der Waals surface area contributed by atoms with Crippen molar-refractivity contribution in [1.82, 2.24) is 10.6 Å². The Hall–Kier alpha value is -1.35. The predicted octanol–water partition coefficient (Wildman–Crippen LogP) is 1.76. The van der Waals surface area contributed by atoms with E-state index in [-0.39, 0.29) is 11.8 Å². The number of carbonyl (C=O) groups is 1. The fourth-order valence-electron chi connectivity index (χ4n) is 2.45. The van der Waals surface area contributed by atoms with Crippen LogP contribution >= 0.6 is 0 Å². The van der Waals surface area contributed by atoms with Crippen molar-refractivity contribution in [1.29, 1.82) is 0 Å². The van der Waals surface area contributed by atoms with Crippen LogP contribution < -0.4 is 10.6 Å². The van der Waals surface area contributed by atoms with Gasteiger partial charge in [-0.3, -0.25) is 4.79 Å². The highest BCUT2D eigenvalue weighted by Gasteiger charge is 2.29. The number of benzene rings is 1. The fourth-order valence-corrected chi connectivity index (χ4v) is 2.45. The van der Waals surface area contributed by atoms with Crippen molar-refractivity contribution >= 4 is 5.91 Å². The molecule has 0 aromatic heterocycles. The molecule has 1 aliphatic rings. The molecule has 98 valence electrons. The van der Waals surface area contributed by atoms with Crippen LogP contribution in [0.1, 0.15) is 25.3 Å². The first kappa shape index (κ1) is 13.1. The van der Waals surface area contributed by atoms with Crippen molar-refractivity contribution < 1.29 is 4.79 Å². The third kappa shape index (κ3) is 3.10. The van der Waals surface area contributed by atoms with Crippen LogP contribution in [-0.4, -0.2) is 25.5 Å². The molecule has 1 aromatic carbocycles. The summed E-state index contributed by atoms with van der Waals surface area (Å²) in [5, 5.41) is 6.34. The molecule has 1 saturated heterocycles. The number of hydrogen-bond acceptors (Lipinski definition) is 2. The van der Waals surface area contributed by atoms with E-state index in [0.29, 0.717) is 18.4 Å². The highest BCUT2D eigenvalue weighted by molar-refractivity contribution is 5.79. The van der Waals surface area contributed by atoms with E-state index in [0.717, 1.165) is 13.1 Å². The van der Waals surface area contributed by atoms with Gasteiger partial charge in [0.2, 0.25) is 5.91 Å². The average molecular weight is 246 g/mol. The molecule has 18 heavy (non-hydrogen) atoms. The van der Waals surface area contributed by atoms with Crippen LogP contribution in [0.5, 0.6) is 0 Å². The number of hydrogen-bond donors (Lipinski definition) is 2. The smallest absolute Gasteiger partial charge is 0.224 e. The van der Waals surface area contributed by atoms with Gasteiger partial charge in [-0.25, -0.2) is 0 Å². The van der Waals surface area contributed by atoms with Crippen LogP contribution in [0.2, 0.25) is 0 Å². The topological polar surface area (TPSA) is 41.1 Å². The monoisotopic (exact) mass is 246 g/mol. The van der Waals surface area contributed by atoms with E-state index in [4.69, 9.17) is 0 Å². The van der Waals surface area contributed by atoms with Gasteiger partial charge in [0, 0.05) is 13.1 Å². The third-order valence-corrected chi connectivity index (χ3v) is 3.81. The lowest BCUT2D eigenvalue weighted by atomic mass is 9.96. The first-order chi connectivity index (χ1) is 8.68. The van der Waals surface area contributed by atoms with Crippen molar-refractivity contribution in [2.24, 2.45) is 11.8 Å². The van der Waals surface area contributed by atoms with Gasteiger partial charge >= 0.3 is 0 Å². The van der Waals surface area contributed by atoms with E-state index in [1.54, 1.807) is 0 Å². The molecular formula is C15H22N2O. The molecule has 1 unspecified atom stereocenters. The van der Waals surface area contributed by atoms with E-state index < -0.39 is 0 Å². The molecule has 1 aliphatic heterocycles. The lowest BCUT2D eigenvalue weighted by Gasteiger charge is -2.17. The average Bonchev–Trinajstić information content (AvgIpc) is 2.83. The van der Waals surface area contributed by atoms with Gasteiger partial charge in [-0.2, -0.15) is 0 Å². The SMILES string of the molecule is CC(CNC(=O)[C@@H]1CNC[C@H]1C)c1ccccc1. The summed E-state index contributed by atoms with van der Waals surface area (Å²) in [4.78, 5) is 12.0. The van der Waals surface area contributed by atoms with E-state index in [9.17, 15) is 4.79 Å². The molecule has 0 saturated carbocycles. The lowest BCUT2D eigenvalue weighted by Crippen LogP contribution is -2.36. The van der Waals surface area contributed by atoms with Gasteiger partial charge < -0.3 is 10.6 Å². The molecule has 1 aromatic rings. The van der Waals surface area contributed by atoms with Gasteiger partial charge in [-0.15, -0.1) is 0 Å². The molecular weight excluding hydrogens is 224 g/mol. The molecule has 1 amide bonds. The second-order valence-corrected chi connectivity index (χ2v) is 5.30. The van der Waals surface area contributed by atoms with Crippen molar-refractivity contribution in [3.8, 4) is 0 Å². The molecule has 0 spiro atoms. The van der Waals surface area contributed by atoms with Crippen molar-refractivity contribution in [3.63, 3.8) is 0 Å². The molecule has 0 aliphatic carbocycles. The molecule has 1 heterocycles. The molecule has 0 bridgehead atoms. The molecule has 0 radical (unpaired) electrons. The van der Waals surface area contributed by atoms with Gasteiger partial charge in [0.05, 0.1) is 5.92 Å². The van der Waals surface area contributed by atoms with E-state index in [1.807, 2.05) is 18.2 Å². The van der Waals surface area contributed by atoms with Gasteiger partial charge in [0.1, 0.15) is 0 Å². The summed E-state index contributed by atoms with van der Waals surface area (Å²) in [5.41, 5.74) is 1.27. The zero-order valence-corrected chi connectivity index (χ0v) is 11.1. The minimum absolute atomic E-state index is 0.132. The maximum absolute atomic E-state index is 12.0. The highest BCUT2D eigenvalue weighted by atomic mass is 16.1. The van der Waals surface area contributed by atoms with Crippen LogP contribution in [0.4, 0.5) is 0 Å². The highest BCUT2D eigenvalue weighted by Crippen LogP contribution is 2.17. The van der Waals surface area contributed by atoms with Crippen LogP contribution in [0, 0.1) is 11.8 Å². The number of rotatable bonds is 4. The minimum Gasteiger partial charge on any atom is -0.355 e. The summed E-state index contributed by atoms with van der Waals surface area (Å²) in [6, 6.07) is 10.3. The second kappa shape index (κ2) is 6.01. The Balaban J connectivity index is 1.83. The number of amides is 1. The zero-order valence-electron chi connectivity index (χ0n) is 11.1. The minimum atomic E-state index is 0.132. The van der Waals surface area contributed by atoms with Crippen LogP contribution in [0.15, 0.2) is 30.3 Å². The Kier molecular flexibility index (Phi) is 4.37. The first-order valence-electron chi connectivity index (χ1n) is 6.72. The summed E-state index contributed by atoms with van der Waals surface area (Å²) in [6.07, 6.45) is 0. The van der Waals surface area contributed by atoms with E-state index in [2.05, 4.69) is 36.6 Å². The zero-order chi connectivity index (χ0) is 13.0.